The van der Waals surface area contributed by atoms with Crippen molar-refractivity contribution in [1.82, 2.24) is 5.43 Å². The smallest absolute Gasteiger partial charge is 0.271 e. The van der Waals surface area contributed by atoms with Gasteiger partial charge in [0, 0.05) is 16.7 Å². The lowest BCUT2D eigenvalue weighted by Gasteiger charge is -2.27. The van der Waals surface area contributed by atoms with Gasteiger partial charge in [-0.1, -0.05) is 73.0 Å². The fraction of sp³-hybridized carbons (Fsp3) is 0.231. The van der Waals surface area contributed by atoms with Crippen molar-refractivity contribution in [2.24, 2.45) is 10.8 Å². The standard InChI is InChI=1S/C26H24ClN3O2/c27-23-16-19(10-11-24(23)31)25(32)30-29-17-20-9-8-18(21-6-2-3-7-22(20)21)12-15-26(28)13-4-1-5-14-26/h2-3,6-11,16-17,31H,1,4-5,13-14,28H2,(H,30,32). The van der Waals surface area contributed by atoms with E-state index in [0.717, 1.165) is 47.6 Å². The van der Waals surface area contributed by atoms with Gasteiger partial charge in [-0.3, -0.25) is 4.79 Å². The number of nitrogens with one attached hydrogen (secondary N) is 1. The maximum absolute atomic E-state index is 12.3. The molecule has 1 fully saturated rings. The van der Waals surface area contributed by atoms with Crippen molar-refractivity contribution in [3.8, 4) is 17.6 Å². The van der Waals surface area contributed by atoms with Gasteiger partial charge >= 0.3 is 0 Å². The van der Waals surface area contributed by atoms with Crippen molar-refractivity contribution in [2.45, 2.75) is 37.6 Å². The van der Waals surface area contributed by atoms with E-state index in [9.17, 15) is 9.90 Å². The van der Waals surface area contributed by atoms with Crippen LogP contribution in [0.4, 0.5) is 0 Å². The third-order valence-electron chi connectivity index (χ3n) is 5.73. The molecule has 0 saturated heterocycles. The third kappa shape index (κ3) is 4.94. The molecule has 1 saturated carbocycles. The van der Waals surface area contributed by atoms with E-state index in [4.69, 9.17) is 17.3 Å². The van der Waals surface area contributed by atoms with Crippen molar-refractivity contribution >= 4 is 34.5 Å². The number of nitrogens with zero attached hydrogens (tertiary/aromatic N) is 1. The molecule has 3 aromatic rings. The number of hydrogen-bond donors (Lipinski definition) is 3. The number of aromatic hydroxyl groups is 1. The van der Waals surface area contributed by atoms with Gasteiger partial charge in [0.25, 0.3) is 5.91 Å². The highest BCUT2D eigenvalue weighted by atomic mass is 35.5. The molecule has 1 aliphatic rings. The molecule has 162 valence electrons. The molecule has 4 N–H and O–H groups in total. The Labute approximate surface area is 192 Å². The van der Waals surface area contributed by atoms with Crippen LogP contribution in [-0.2, 0) is 0 Å². The van der Waals surface area contributed by atoms with Gasteiger partial charge < -0.3 is 10.8 Å². The monoisotopic (exact) mass is 445 g/mol. The van der Waals surface area contributed by atoms with Crippen molar-refractivity contribution in [1.29, 1.82) is 0 Å². The topological polar surface area (TPSA) is 87.7 Å². The highest BCUT2D eigenvalue weighted by molar-refractivity contribution is 6.32. The number of halogens is 1. The second kappa shape index (κ2) is 9.44. The first kappa shape index (κ1) is 21.9. The summed E-state index contributed by atoms with van der Waals surface area (Å²) in [7, 11) is 0. The minimum Gasteiger partial charge on any atom is -0.506 e. The van der Waals surface area contributed by atoms with Crippen LogP contribution in [-0.4, -0.2) is 22.8 Å². The van der Waals surface area contributed by atoms with Crippen LogP contribution in [0, 0.1) is 11.8 Å². The van der Waals surface area contributed by atoms with Crippen molar-refractivity contribution in [3.05, 3.63) is 76.3 Å². The van der Waals surface area contributed by atoms with E-state index in [-0.39, 0.29) is 10.8 Å². The predicted molar refractivity (Wildman–Crippen MR) is 129 cm³/mol. The van der Waals surface area contributed by atoms with Gasteiger partial charge in [-0.2, -0.15) is 5.10 Å². The van der Waals surface area contributed by atoms with Crippen molar-refractivity contribution < 1.29 is 9.90 Å². The van der Waals surface area contributed by atoms with E-state index < -0.39 is 11.4 Å². The number of amides is 1. The quantitative estimate of drug-likeness (QED) is 0.302. The molecule has 0 heterocycles. The number of phenols is 1. The molecule has 0 aliphatic heterocycles. The molecular formula is C26H24ClN3O2. The summed E-state index contributed by atoms with van der Waals surface area (Å²) in [6, 6.07) is 16.1. The Morgan fingerprint density at radius 2 is 1.84 bits per heavy atom. The normalized spacial score (nSPS) is 15.3. The average Bonchev–Trinajstić information content (AvgIpc) is 2.80. The molecule has 3 aromatic carbocycles. The zero-order chi connectivity index (χ0) is 22.6. The molecule has 5 nitrogen and oxygen atoms in total. The lowest BCUT2D eigenvalue weighted by molar-refractivity contribution is 0.0955. The molecule has 32 heavy (non-hydrogen) atoms. The number of carbonyl (C=O) groups excluding carboxylic acids is 1. The lowest BCUT2D eigenvalue weighted by Crippen LogP contribution is -2.40. The molecular weight excluding hydrogens is 422 g/mol. The number of carbonyl (C=O) groups is 1. The minimum atomic E-state index is -0.421. The SMILES string of the molecule is NC1(C#Cc2ccc(C=NNC(=O)c3ccc(O)c(Cl)c3)c3ccccc23)CCCCC1. The van der Waals surface area contributed by atoms with Crippen molar-refractivity contribution in [3.63, 3.8) is 0 Å². The van der Waals surface area contributed by atoms with Crippen LogP contribution in [0.15, 0.2) is 59.7 Å². The van der Waals surface area contributed by atoms with E-state index in [0.29, 0.717) is 5.56 Å². The Morgan fingerprint density at radius 3 is 2.59 bits per heavy atom. The van der Waals surface area contributed by atoms with Gasteiger partial charge in [0.05, 0.1) is 16.8 Å². The summed E-state index contributed by atoms with van der Waals surface area (Å²) in [5, 5.41) is 15.7. The Morgan fingerprint density at radius 1 is 1.09 bits per heavy atom. The second-order valence-electron chi connectivity index (χ2n) is 8.08. The summed E-state index contributed by atoms with van der Waals surface area (Å²) >= 11 is 5.86. The summed E-state index contributed by atoms with van der Waals surface area (Å²) in [5.74, 6) is 6.13. The van der Waals surface area contributed by atoms with E-state index in [1.54, 1.807) is 6.21 Å². The number of hydrazone groups is 1. The fourth-order valence-electron chi connectivity index (χ4n) is 3.92. The van der Waals surface area contributed by atoms with Crippen LogP contribution in [0.25, 0.3) is 10.8 Å². The summed E-state index contributed by atoms with van der Waals surface area (Å²) in [4.78, 5) is 12.3. The molecule has 0 radical (unpaired) electrons. The molecule has 0 aromatic heterocycles. The molecule has 0 bridgehead atoms. The molecule has 0 unspecified atom stereocenters. The first-order valence-corrected chi connectivity index (χ1v) is 11.0. The van der Waals surface area contributed by atoms with E-state index in [1.807, 2.05) is 36.4 Å². The van der Waals surface area contributed by atoms with E-state index in [2.05, 4.69) is 22.4 Å². The summed E-state index contributed by atoms with van der Waals surface area (Å²) in [6.45, 7) is 0. The van der Waals surface area contributed by atoms with E-state index in [1.165, 1.54) is 24.6 Å². The number of hydrogen-bond acceptors (Lipinski definition) is 4. The van der Waals surface area contributed by atoms with Crippen LogP contribution < -0.4 is 11.2 Å². The van der Waals surface area contributed by atoms with Gasteiger partial charge in [0.1, 0.15) is 5.75 Å². The Balaban J connectivity index is 1.56. The number of phenolic OH excluding ortho intramolecular Hbond substituents is 1. The zero-order valence-corrected chi connectivity index (χ0v) is 18.3. The average molecular weight is 446 g/mol. The summed E-state index contributed by atoms with van der Waals surface area (Å²) < 4.78 is 0. The molecule has 0 atom stereocenters. The van der Waals surface area contributed by atoms with Crippen molar-refractivity contribution in [2.75, 3.05) is 0 Å². The first-order valence-electron chi connectivity index (χ1n) is 10.6. The number of nitrogens with two attached hydrogens (primary N) is 1. The first-order chi connectivity index (χ1) is 15.5. The minimum absolute atomic E-state index is 0.0783. The highest BCUT2D eigenvalue weighted by Crippen LogP contribution is 2.26. The van der Waals surface area contributed by atoms with Gasteiger partial charge in [-0.15, -0.1) is 0 Å². The zero-order valence-electron chi connectivity index (χ0n) is 17.6. The third-order valence-corrected chi connectivity index (χ3v) is 6.03. The van der Waals surface area contributed by atoms with Gasteiger partial charge in [-0.25, -0.2) is 5.43 Å². The maximum Gasteiger partial charge on any atom is 0.271 e. The Bertz CT molecular complexity index is 1250. The molecule has 6 heteroatoms. The molecule has 1 aliphatic carbocycles. The van der Waals surface area contributed by atoms with Crippen LogP contribution in [0.2, 0.25) is 5.02 Å². The molecule has 4 rings (SSSR count). The number of rotatable bonds is 3. The van der Waals surface area contributed by atoms with Gasteiger partial charge in [0.2, 0.25) is 0 Å². The second-order valence-corrected chi connectivity index (χ2v) is 8.49. The van der Waals surface area contributed by atoms with Crippen LogP contribution in [0.5, 0.6) is 5.75 Å². The fourth-order valence-corrected chi connectivity index (χ4v) is 4.10. The maximum atomic E-state index is 12.3. The molecule has 1 amide bonds. The van der Waals surface area contributed by atoms with Gasteiger partial charge in [0.15, 0.2) is 0 Å². The predicted octanol–water partition coefficient (Wildman–Crippen LogP) is 4.98. The van der Waals surface area contributed by atoms with Crippen LogP contribution >= 0.6 is 11.6 Å². The lowest BCUT2D eigenvalue weighted by atomic mass is 9.83. The summed E-state index contributed by atoms with van der Waals surface area (Å²) in [6.07, 6.45) is 6.97. The Hall–Kier alpha value is -3.33. The Kier molecular flexibility index (Phi) is 6.45. The summed E-state index contributed by atoms with van der Waals surface area (Å²) in [5.41, 5.74) is 10.7. The number of benzene rings is 3. The van der Waals surface area contributed by atoms with E-state index >= 15 is 0 Å². The molecule has 0 spiro atoms. The largest absolute Gasteiger partial charge is 0.506 e. The number of fused-ring (bicyclic) bond motifs is 1. The van der Waals surface area contributed by atoms with Crippen LogP contribution in [0.3, 0.4) is 0 Å². The highest BCUT2D eigenvalue weighted by Gasteiger charge is 2.24. The van der Waals surface area contributed by atoms with Gasteiger partial charge in [-0.05, 0) is 47.9 Å². The van der Waals surface area contributed by atoms with Crippen LogP contribution in [0.1, 0.15) is 53.6 Å².